The van der Waals surface area contributed by atoms with E-state index in [9.17, 15) is 4.79 Å². The molecule has 2 rings (SSSR count). The van der Waals surface area contributed by atoms with Gasteiger partial charge in [-0.2, -0.15) is 0 Å². The van der Waals surface area contributed by atoms with Crippen molar-refractivity contribution in [2.24, 2.45) is 0 Å². The molecular weight excluding hydrogens is 336 g/mol. The Morgan fingerprint density at radius 2 is 1.96 bits per heavy atom. The Morgan fingerprint density at radius 3 is 2.60 bits per heavy atom. The van der Waals surface area contributed by atoms with Gasteiger partial charge in [-0.3, -0.25) is 9.69 Å². The van der Waals surface area contributed by atoms with Gasteiger partial charge in [-0.05, 0) is 37.4 Å². The van der Waals surface area contributed by atoms with E-state index in [2.05, 4.69) is 6.58 Å². The molecule has 132 valence electrons. The molecule has 0 N–H and O–H groups in total. The van der Waals surface area contributed by atoms with Crippen molar-refractivity contribution in [1.82, 2.24) is 4.90 Å². The molecule has 0 fully saturated rings. The molecule has 0 unspecified atom stereocenters. The zero-order valence-corrected chi connectivity index (χ0v) is 15.4. The first-order chi connectivity index (χ1) is 12.0. The van der Waals surface area contributed by atoms with E-state index >= 15 is 0 Å². The van der Waals surface area contributed by atoms with Gasteiger partial charge in [0.25, 0.3) is 0 Å². The van der Waals surface area contributed by atoms with Crippen molar-refractivity contribution >= 4 is 23.2 Å². The molecule has 0 aromatic heterocycles. The Kier molecular flexibility index (Phi) is 7.04. The fourth-order valence-corrected chi connectivity index (χ4v) is 2.82. The van der Waals surface area contributed by atoms with E-state index in [4.69, 9.17) is 16.3 Å². The largest absolute Gasteiger partial charge is 0.496 e. The van der Waals surface area contributed by atoms with Crippen LogP contribution in [0.15, 0.2) is 61.2 Å². The van der Waals surface area contributed by atoms with Crippen LogP contribution < -0.4 is 9.64 Å². The SMILES string of the molecule is C=CCN(C(=O)CN(C)Cc1cc(Cl)ccc1OC)c1ccccc1. The molecule has 0 saturated carbocycles. The summed E-state index contributed by atoms with van der Waals surface area (Å²) in [6.07, 6.45) is 1.73. The third-order valence-electron chi connectivity index (χ3n) is 3.77. The quantitative estimate of drug-likeness (QED) is 0.669. The van der Waals surface area contributed by atoms with Crippen LogP contribution in [-0.2, 0) is 11.3 Å². The molecule has 2 aromatic carbocycles. The predicted molar refractivity (Wildman–Crippen MR) is 103 cm³/mol. The highest BCUT2D eigenvalue weighted by Crippen LogP contribution is 2.24. The maximum Gasteiger partial charge on any atom is 0.241 e. The molecule has 0 aliphatic rings. The maximum absolute atomic E-state index is 12.7. The number of hydrogen-bond acceptors (Lipinski definition) is 3. The lowest BCUT2D eigenvalue weighted by atomic mass is 10.2. The van der Waals surface area contributed by atoms with Gasteiger partial charge in [-0.1, -0.05) is 35.9 Å². The lowest BCUT2D eigenvalue weighted by molar-refractivity contribution is -0.119. The average Bonchev–Trinajstić information content (AvgIpc) is 2.60. The van der Waals surface area contributed by atoms with Crippen molar-refractivity contribution in [2.45, 2.75) is 6.54 Å². The minimum Gasteiger partial charge on any atom is -0.496 e. The van der Waals surface area contributed by atoms with Gasteiger partial charge in [0.2, 0.25) is 5.91 Å². The number of anilines is 1. The number of benzene rings is 2. The van der Waals surface area contributed by atoms with Gasteiger partial charge in [0.05, 0.1) is 13.7 Å². The van der Waals surface area contributed by atoms with Gasteiger partial charge < -0.3 is 9.64 Å². The Hall–Kier alpha value is -2.30. The Morgan fingerprint density at radius 1 is 1.24 bits per heavy atom. The molecule has 0 spiro atoms. The summed E-state index contributed by atoms with van der Waals surface area (Å²) in [5.41, 5.74) is 1.81. The van der Waals surface area contributed by atoms with Crippen molar-refractivity contribution in [3.05, 3.63) is 71.8 Å². The molecule has 25 heavy (non-hydrogen) atoms. The highest BCUT2D eigenvalue weighted by molar-refractivity contribution is 6.30. The van der Waals surface area contributed by atoms with Crippen LogP contribution in [0.4, 0.5) is 5.69 Å². The number of carbonyl (C=O) groups excluding carboxylic acids is 1. The van der Waals surface area contributed by atoms with E-state index in [1.807, 2.05) is 54.4 Å². The number of likely N-dealkylation sites (N-methyl/N-ethyl adjacent to an activating group) is 1. The maximum atomic E-state index is 12.7. The van der Waals surface area contributed by atoms with Gasteiger partial charge in [0.1, 0.15) is 5.75 Å². The molecule has 2 aromatic rings. The first-order valence-corrected chi connectivity index (χ1v) is 8.40. The molecule has 0 atom stereocenters. The fourth-order valence-electron chi connectivity index (χ4n) is 2.62. The van der Waals surface area contributed by atoms with Gasteiger partial charge in [-0.25, -0.2) is 0 Å². The second-order valence-corrected chi connectivity index (χ2v) is 6.19. The topological polar surface area (TPSA) is 32.8 Å². The number of ether oxygens (including phenoxy) is 1. The Balaban J connectivity index is 2.08. The number of halogens is 1. The number of nitrogens with zero attached hydrogens (tertiary/aromatic N) is 2. The summed E-state index contributed by atoms with van der Waals surface area (Å²) in [6.45, 7) is 5.06. The summed E-state index contributed by atoms with van der Waals surface area (Å²) < 4.78 is 5.37. The monoisotopic (exact) mass is 358 g/mol. The van der Waals surface area contributed by atoms with Gasteiger partial charge in [-0.15, -0.1) is 6.58 Å². The van der Waals surface area contributed by atoms with Crippen LogP contribution >= 0.6 is 11.6 Å². The average molecular weight is 359 g/mol. The van der Waals surface area contributed by atoms with Crippen LogP contribution in [-0.4, -0.2) is 38.1 Å². The van der Waals surface area contributed by atoms with Gasteiger partial charge in [0, 0.05) is 29.4 Å². The third kappa shape index (κ3) is 5.34. The Bertz CT molecular complexity index is 719. The Labute approximate surface area is 154 Å². The van der Waals surface area contributed by atoms with Crippen molar-refractivity contribution < 1.29 is 9.53 Å². The molecule has 1 amide bonds. The summed E-state index contributed by atoms with van der Waals surface area (Å²) in [5.74, 6) is 0.768. The second kappa shape index (κ2) is 9.25. The lowest BCUT2D eigenvalue weighted by Crippen LogP contribution is -2.39. The van der Waals surface area contributed by atoms with Crippen LogP contribution in [0.3, 0.4) is 0 Å². The molecule has 0 saturated heterocycles. The van der Waals surface area contributed by atoms with Crippen molar-refractivity contribution in [1.29, 1.82) is 0 Å². The minimum atomic E-state index is 0.00888. The summed E-state index contributed by atoms with van der Waals surface area (Å²) >= 11 is 6.07. The van der Waals surface area contributed by atoms with E-state index in [1.165, 1.54) is 0 Å². The van der Waals surface area contributed by atoms with E-state index in [-0.39, 0.29) is 12.5 Å². The zero-order valence-electron chi connectivity index (χ0n) is 14.6. The predicted octanol–water partition coefficient (Wildman–Crippen LogP) is 4.00. The van der Waals surface area contributed by atoms with Crippen LogP contribution in [0.2, 0.25) is 5.02 Å². The van der Waals surface area contributed by atoms with Crippen molar-refractivity contribution in [3.8, 4) is 5.75 Å². The van der Waals surface area contributed by atoms with E-state index in [0.717, 1.165) is 17.0 Å². The number of para-hydroxylation sites is 1. The van der Waals surface area contributed by atoms with Crippen LogP contribution in [0, 0.1) is 0 Å². The van der Waals surface area contributed by atoms with Crippen LogP contribution in [0.1, 0.15) is 5.56 Å². The number of rotatable bonds is 8. The molecule has 0 heterocycles. The summed E-state index contributed by atoms with van der Waals surface area (Å²) in [4.78, 5) is 16.4. The normalized spacial score (nSPS) is 10.6. The molecule has 0 radical (unpaired) electrons. The zero-order chi connectivity index (χ0) is 18.2. The molecule has 0 bridgehead atoms. The van der Waals surface area contributed by atoms with Crippen molar-refractivity contribution in [3.63, 3.8) is 0 Å². The van der Waals surface area contributed by atoms with Crippen LogP contribution in [0.5, 0.6) is 5.75 Å². The molecule has 4 nitrogen and oxygen atoms in total. The van der Waals surface area contributed by atoms with Crippen LogP contribution in [0.25, 0.3) is 0 Å². The van der Waals surface area contributed by atoms with E-state index in [0.29, 0.717) is 18.1 Å². The minimum absolute atomic E-state index is 0.00888. The molecular formula is C20H23ClN2O2. The lowest BCUT2D eigenvalue weighted by Gasteiger charge is -2.25. The summed E-state index contributed by atoms with van der Waals surface area (Å²) in [6, 6.07) is 15.1. The number of hydrogen-bond donors (Lipinski definition) is 0. The van der Waals surface area contributed by atoms with E-state index < -0.39 is 0 Å². The standard InChI is InChI=1S/C20H23ClN2O2/c1-4-12-23(18-8-6-5-7-9-18)20(24)15-22(2)14-16-13-17(21)10-11-19(16)25-3/h4-11,13H,1,12,14-15H2,2-3H3. The number of carbonyl (C=O) groups is 1. The summed E-state index contributed by atoms with van der Waals surface area (Å²) in [5, 5.41) is 0.646. The second-order valence-electron chi connectivity index (χ2n) is 5.76. The van der Waals surface area contributed by atoms with Gasteiger partial charge in [0.15, 0.2) is 0 Å². The first kappa shape index (κ1) is 19.0. The fraction of sp³-hybridized carbons (Fsp3) is 0.250. The highest BCUT2D eigenvalue weighted by Gasteiger charge is 2.17. The first-order valence-electron chi connectivity index (χ1n) is 8.02. The van der Waals surface area contributed by atoms with Crippen molar-refractivity contribution in [2.75, 3.05) is 32.1 Å². The highest BCUT2D eigenvalue weighted by atomic mass is 35.5. The smallest absolute Gasteiger partial charge is 0.241 e. The molecule has 0 aliphatic carbocycles. The van der Waals surface area contributed by atoms with E-state index in [1.54, 1.807) is 24.2 Å². The molecule has 5 heteroatoms. The number of amides is 1. The number of methoxy groups -OCH3 is 1. The summed E-state index contributed by atoms with van der Waals surface area (Å²) in [7, 11) is 3.52. The third-order valence-corrected chi connectivity index (χ3v) is 4.00. The van der Waals surface area contributed by atoms with Gasteiger partial charge >= 0.3 is 0 Å². The molecule has 0 aliphatic heterocycles.